The standard InChI is InChI=1S/C31H52N2O5S/c1-31(2,3)28-19-38-27-7-5-4-6-26(27)33(28)30(35)23-12-14-24(15-13-23)32-29(34)18-21-10-16-25(17-11-21)39(36,37)20-22-8-9-22/h21-28H,4-20H2,1-3H3,(H,32,34). The summed E-state index contributed by atoms with van der Waals surface area (Å²) in [5.74, 6) is 1.51. The molecule has 0 aromatic carbocycles. The van der Waals surface area contributed by atoms with Gasteiger partial charge in [-0.2, -0.15) is 0 Å². The van der Waals surface area contributed by atoms with Crippen LogP contribution in [-0.2, 0) is 24.2 Å². The van der Waals surface area contributed by atoms with Gasteiger partial charge in [-0.25, -0.2) is 8.42 Å². The maximum absolute atomic E-state index is 14.0. The number of fused-ring (bicyclic) bond motifs is 1. The fraction of sp³-hybridized carbons (Fsp3) is 0.935. The van der Waals surface area contributed by atoms with E-state index in [-0.39, 0.29) is 52.6 Å². The second kappa shape index (κ2) is 12.0. The third-order valence-corrected chi connectivity index (χ3v) is 12.9. The lowest BCUT2D eigenvalue weighted by atomic mass is 9.78. The van der Waals surface area contributed by atoms with Crippen molar-refractivity contribution >= 4 is 21.7 Å². The Kier molecular flexibility index (Phi) is 9.02. The number of nitrogens with one attached hydrogen (secondary N) is 1. The fourth-order valence-corrected chi connectivity index (χ4v) is 10.0. The number of morpholine rings is 1. The van der Waals surface area contributed by atoms with E-state index in [2.05, 4.69) is 31.0 Å². The lowest BCUT2D eigenvalue weighted by Crippen LogP contribution is -2.64. The van der Waals surface area contributed by atoms with Crippen LogP contribution in [0.15, 0.2) is 0 Å². The number of carbonyl (C=O) groups excluding carboxylic acids is 2. The van der Waals surface area contributed by atoms with E-state index in [4.69, 9.17) is 4.74 Å². The number of ether oxygens (including phenoxy) is 1. The summed E-state index contributed by atoms with van der Waals surface area (Å²) in [5, 5.41) is 3.06. The van der Waals surface area contributed by atoms with E-state index in [1.807, 2.05) is 0 Å². The second-order valence-corrected chi connectivity index (χ2v) is 16.9. The first-order valence-corrected chi connectivity index (χ1v) is 17.7. The predicted octanol–water partition coefficient (Wildman–Crippen LogP) is 5.02. The van der Waals surface area contributed by atoms with Crippen molar-refractivity contribution in [1.82, 2.24) is 10.2 Å². The molecule has 0 spiro atoms. The Morgan fingerprint density at radius 2 is 1.49 bits per heavy atom. The molecule has 2 amide bonds. The molecule has 0 aromatic heterocycles. The zero-order chi connectivity index (χ0) is 27.8. The Morgan fingerprint density at radius 1 is 0.846 bits per heavy atom. The average Bonchev–Trinajstić information content (AvgIpc) is 3.71. The lowest BCUT2D eigenvalue weighted by Gasteiger charge is -2.53. The Bertz CT molecular complexity index is 971. The van der Waals surface area contributed by atoms with Crippen LogP contribution in [0.2, 0.25) is 0 Å². The van der Waals surface area contributed by atoms with Gasteiger partial charge in [-0.15, -0.1) is 0 Å². The van der Waals surface area contributed by atoms with Crippen LogP contribution in [0.3, 0.4) is 0 Å². The SMILES string of the molecule is CC(C)(C)C1COC2CCCCC2N1C(=O)C1CCC(NC(=O)CC2CCC(S(=O)(=O)CC3CC3)CC2)CC1. The summed E-state index contributed by atoms with van der Waals surface area (Å²) in [5.41, 5.74) is -0.0240. The first kappa shape index (κ1) is 29.3. The average molecular weight is 565 g/mol. The molecule has 39 heavy (non-hydrogen) atoms. The summed E-state index contributed by atoms with van der Waals surface area (Å²) in [6.45, 7) is 7.29. The van der Waals surface area contributed by atoms with Gasteiger partial charge in [0.05, 0.1) is 35.8 Å². The number of sulfone groups is 1. The van der Waals surface area contributed by atoms with Crippen molar-refractivity contribution in [2.24, 2.45) is 23.2 Å². The molecule has 5 aliphatic rings. The first-order valence-electron chi connectivity index (χ1n) is 16.0. The molecule has 1 saturated heterocycles. The molecule has 7 nitrogen and oxygen atoms in total. The van der Waals surface area contributed by atoms with Crippen molar-refractivity contribution in [2.75, 3.05) is 12.4 Å². The predicted molar refractivity (Wildman–Crippen MR) is 153 cm³/mol. The fourth-order valence-electron chi connectivity index (χ4n) is 7.79. The number of amides is 2. The van der Waals surface area contributed by atoms with E-state index in [9.17, 15) is 18.0 Å². The molecule has 0 bridgehead atoms. The van der Waals surface area contributed by atoms with Gasteiger partial charge in [0.25, 0.3) is 0 Å². The van der Waals surface area contributed by atoms with Gasteiger partial charge in [-0.1, -0.05) is 33.6 Å². The minimum atomic E-state index is -2.97. The molecule has 1 heterocycles. The highest BCUT2D eigenvalue weighted by atomic mass is 32.2. The van der Waals surface area contributed by atoms with Gasteiger partial charge in [0, 0.05) is 18.4 Å². The number of nitrogens with zero attached hydrogens (tertiary/aromatic N) is 1. The Hall–Kier alpha value is -1.15. The Morgan fingerprint density at radius 3 is 2.13 bits per heavy atom. The van der Waals surface area contributed by atoms with E-state index < -0.39 is 9.84 Å². The Labute approximate surface area is 236 Å². The molecule has 3 unspecified atom stereocenters. The molecule has 4 saturated carbocycles. The largest absolute Gasteiger partial charge is 0.374 e. The monoisotopic (exact) mass is 564 g/mol. The molecular formula is C31H52N2O5S. The third-order valence-electron chi connectivity index (χ3n) is 10.5. The molecule has 0 radical (unpaired) electrons. The van der Waals surface area contributed by atoms with Crippen LogP contribution in [0.1, 0.15) is 117 Å². The normalized spacial score (nSPS) is 36.2. The third kappa shape index (κ3) is 7.20. The lowest BCUT2D eigenvalue weighted by molar-refractivity contribution is -0.175. The minimum absolute atomic E-state index is 0.0240. The number of rotatable bonds is 7. The first-order chi connectivity index (χ1) is 18.5. The highest BCUT2D eigenvalue weighted by Gasteiger charge is 2.47. The Balaban J connectivity index is 1.08. The van der Waals surface area contributed by atoms with Gasteiger partial charge in [-0.3, -0.25) is 9.59 Å². The van der Waals surface area contributed by atoms with Crippen molar-refractivity contribution in [2.45, 2.75) is 147 Å². The zero-order valence-electron chi connectivity index (χ0n) is 24.5. The number of carbonyl (C=O) groups is 2. The van der Waals surface area contributed by atoms with Crippen molar-refractivity contribution in [1.29, 1.82) is 0 Å². The van der Waals surface area contributed by atoms with Gasteiger partial charge in [0.15, 0.2) is 9.84 Å². The molecule has 3 atom stereocenters. The van der Waals surface area contributed by atoms with E-state index in [0.717, 1.165) is 64.2 Å². The smallest absolute Gasteiger partial charge is 0.226 e. The molecule has 1 aliphatic heterocycles. The maximum atomic E-state index is 14.0. The van der Waals surface area contributed by atoms with E-state index in [1.165, 1.54) is 12.8 Å². The summed E-state index contributed by atoms with van der Waals surface area (Å²) in [4.78, 5) is 29.1. The number of hydrogen-bond donors (Lipinski definition) is 1. The summed E-state index contributed by atoms with van der Waals surface area (Å²) in [6, 6.07) is 0.461. The highest BCUT2D eigenvalue weighted by molar-refractivity contribution is 7.92. The second-order valence-electron chi connectivity index (χ2n) is 14.6. The van der Waals surface area contributed by atoms with E-state index in [1.54, 1.807) is 0 Å². The van der Waals surface area contributed by atoms with Crippen LogP contribution in [0.4, 0.5) is 0 Å². The van der Waals surface area contributed by atoms with Crippen molar-refractivity contribution in [3.05, 3.63) is 0 Å². The molecule has 222 valence electrons. The molecule has 4 aliphatic carbocycles. The molecule has 8 heteroatoms. The molecule has 5 rings (SSSR count). The van der Waals surface area contributed by atoms with Crippen LogP contribution < -0.4 is 5.32 Å². The van der Waals surface area contributed by atoms with Crippen LogP contribution in [0, 0.1) is 23.2 Å². The van der Waals surface area contributed by atoms with Crippen LogP contribution in [0.25, 0.3) is 0 Å². The van der Waals surface area contributed by atoms with Gasteiger partial charge >= 0.3 is 0 Å². The summed E-state index contributed by atoms with van der Waals surface area (Å²) >= 11 is 0. The quantitative estimate of drug-likeness (QED) is 0.469. The topological polar surface area (TPSA) is 92.8 Å². The number of hydrogen-bond acceptors (Lipinski definition) is 5. The maximum Gasteiger partial charge on any atom is 0.226 e. The minimum Gasteiger partial charge on any atom is -0.374 e. The van der Waals surface area contributed by atoms with E-state index >= 15 is 0 Å². The van der Waals surface area contributed by atoms with E-state index in [0.29, 0.717) is 43.4 Å². The zero-order valence-corrected chi connectivity index (χ0v) is 25.4. The molecule has 1 N–H and O–H groups in total. The van der Waals surface area contributed by atoms with Crippen LogP contribution in [0.5, 0.6) is 0 Å². The summed E-state index contributed by atoms with van der Waals surface area (Å²) < 4.78 is 31.5. The van der Waals surface area contributed by atoms with Gasteiger partial charge < -0.3 is 15.0 Å². The molecular weight excluding hydrogens is 512 g/mol. The summed E-state index contributed by atoms with van der Waals surface area (Å²) in [6.07, 6.45) is 13.7. The van der Waals surface area contributed by atoms with Gasteiger partial charge in [-0.05, 0) is 94.3 Å². The van der Waals surface area contributed by atoms with Gasteiger partial charge in [0.2, 0.25) is 11.8 Å². The van der Waals surface area contributed by atoms with Crippen LogP contribution >= 0.6 is 0 Å². The van der Waals surface area contributed by atoms with Crippen molar-refractivity contribution in [3.8, 4) is 0 Å². The highest BCUT2D eigenvalue weighted by Crippen LogP contribution is 2.40. The summed E-state index contributed by atoms with van der Waals surface area (Å²) in [7, 11) is -2.97. The van der Waals surface area contributed by atoms with Gasteiger partial charge in [0.1, 0.15) is 0 Å². The van der Waals surface area contributed by atoms with Crippen molar-refractivity contribution in [3.63, 3.8) is 0 Å². The van der Waals surface area contributed by atoms with Crippen molar-refractivity contribution < 1.29 is 22.7 Å². The molecule has 0 aromatic rings. The van der Waals surface area contributed by atoms with Crippen LogP contribution in [-0.4, -0.2) is 67.0 Å². The molecule has 5 fully saturated rings.